The predicted molar refractivity (Wildman–Crippen MR) is 138 cm³/mol. The normalized spacial score (nSPS) is 11.1. The average molecular weight is 518 g/mol. The number of sulfonamides is 1. The van der Waals surface area contributed by atoms with E-state index in [1.807, 2.05) is 55.4 Å². The number of benzene rings is 3. The molecular formula is C25H28ClN3O5S. The molecule has 186 valence electrons. The monoisotopic (exact) mass is 517 g/mol. The van der Waals surface area contributed by atoms with E-state index in [0.29, 0.717) is 22.9 Å². The summed E-state index contributed by atoms with van der Waals surface area (Å²) >= 11 is 6.34. The van der Waals surface area contributed by atoms with Crippen molar-refractivity contribution in [2.24, 2.45) is 0 Å². The highest BCUT2D eigenvalue weighted by Crippen LogP contribution is 2.30. The van der Waals surface area contributed by atoms with Crippen LogP contribution in [0.25, 0.3) is 0 Å². The van der Waals surface area contributed by atoms with Crippen molar-refractivity contribution in [2.75, 3.05) is 45.1 Å². The summed E-state index contributed by atoms with van der Waals surface area (Å²) in [6, 6.07) is 17.3. The Morgan fingerprint density at radius 2 is 1.66 bits per heavy atom. The molecule has 0 saturated heterocycles. The highest BCUT2D eigenvalue weighted by molar-refractivity contribution is 7.89. The Labute approximate surface area is 210 Å². The minimum atomic E-state index is -3.96. The number of amides is 1. The first kappa shape index (κ1) is 26.3. The number of halogens is 1. The fourth-order valence-corrected chi connectivity index (χ4v) is 4.60. The lowest BCUT2D eigenvalue weighted by Gasteiger charge is -2.18. The number of hydrogen-bond acceptors (Lipinski definition) is 6. The second kappa shape index (κ2) is 11.4. The van der Waals surface area contributed by atoms with E-state index >= 15 is 0 Å². The molecule has 0 atom stereocenters. The Morgan fingerprint density at radius 1 is 0.943 bits per heavy atom. The predicted octanol–water partition coefficient (Wildman–Crippen LogP) is 3.93. The van der Waals surface area contributed by atoms with Crippen LogP contribution in [0, 0.1) is 0 Å². The van der Waals surface area contributed by atoms with Crippen LogP contribution in [0.5, 0.6) is 11.5 Å². The summed E-state index contributed by atoms with van der Waals surface area (Å²) in [5, 5.41) is 3.44. The minimum absolute atomic E-state index is 0.0438. The molecule has 3 rings (SSSR count). The van der Waals surface area contributed by atoms with Crippen molar-refractivity contribution in [3.8, 4) is 11.5 Å². The number of hydrogen-bond donors (Lipinski definition) is 2. The lowest BCUT2D eigenvalue weighted by atomic mass is 10.0. The number of carbonyl (C=O) groups excluding carboxylic acids is 1. The van der Waals surface area contributed by atoms with E-state index < -0.39 is 22.5 Å². The average Bonchev–Trinajstić information content (AvgIpc) is 2.84. The number of carbonyl (C=O) groups is 1. The van der Waals surface area contributed by atoms with Crippen molar-refractivity contribution < 1.29 is 22.7 Å². The number of methoxy groups -OCH3 is 2. The molecule has 0 aliphatic carbocycles. The van der Waals surface area contributed by atoms with E-state index in [0.717, 1.165) is 16.8 Å². The van der Waals surface area contributed by atoms with Gasteiger partial charge in [-0.2, -0.15) is 0 Å². The van der Waals surface area contributed by atoms with Crippen molar-refractivity contribution >= 4 is 38.9 Å². The van der Waals surface area contributed by atoms with Crippen molar-refractivity contribution in [3.05, 3.63) is 76.8 Å². The van der Waals surface area contributed by atoms with E-state index in [9.17, 15) is 13.2 Å². The summed E-state index contributed by atoms with van der Waals surface area (Å²) < 4.78 is 38.1. The summed E-state index contributed by atoms with van der Waals surface area (Å²) in [4.78, 5) is 14.6. The molecule has 0 aliphatic rings. The van der Waals surface area contributed by atoms with Crippen molar-refractivity contribution in [1.82, 2.24) is 4.72 Å². The summed E-state index contributed by atoms with van der Waals surface area (Å²) in [7, 11) is 2.77. The molecule has 3 aromatic rings. The molecule has 3 aromatic carbocycles. The Balaban J connectivity index is 1.76. The zero-order chi connectivity index (χ0) is 25.6. The molecule has 0 unspecified atom stereocenters. The quantitative estimate of drug-likeness (QED) is 0.423. The van der Waals surface area contributed by atoms with Gasteiger partial charge in [0.15, 0.2) is 11.5 Å². The van der Waals surface area contributed by atoms with Gasteiger partial charge in [-0.1, -0.05) is 29.8 Å². The van der Waals surface area contributed by atoms with Crippen LogP contribution in [0.4, 0.5) is 11.4 Å². The van der Waals surface area contributed by atoms with Crippen LogP contribution in [0.1, 0.15) is 11.1 Å². The molecule has 0 bridgehead atoms. The van der Waals surface area contributed by atoms with Crippen LogP contribution >= 0.6 is 11.6 Å². The Morgan fingerprint density at radius 3 is 2.31 bits per heavy atom. The largest absolute Gasteiger partial charge is 0.493 e. The third kappa shape index (κ3) is 6.66. The fourth-order valence-electron chi connectivity index (χ4n) is 3.40. The summed E-state index contributed by atoms with van der Waals surface area (Å²) in [5.74, 6) is 0.161. The summed E-state index contributed by atoms with van der Waals surface area (Å²) in [6.45, 7) is -0.447. The molecule has 35 heavy (non-hydrogen) atoms. The fraction of sp³-hybridized carbons (Fsp3) is 0.240. The smallest absolute Gasteiger partial charge is 0.241 e. The van der Waals surface area contributed by atoms with E-state index in [4.69, 9.17) is 21.1 Å². The molecule has 2 N–H and O–H groups in total. The first-order valence-electron chi connectivity index (χ1n) is 10.7. The van der Waals surface area contributed by atoms with E-state index in [-0.39, 0.29) is 10.6 Å². The molecule has 0 heterocycles. The maximum absolute atomic E-state index is 12.7. The highest BCUT2D eigenvalue weighted by Gasteiger charge is 2.19. The summed E-state index contributed by atoms with van der Waals surface area (Å²) in [6.07, 6.45) is 0.494. The molecule has 1 amide bonds. The van der Waals surface area contributed by atoms with Crippen LogP contribution in [0.2, 0.25) is 5.02 Å². The standard InChI is InChI=1S/C25H28ClN3O5S/c1-29(2)19-9-11-22(18(14-19)13-17-7-5-6-8-21(17)26)28-25(30)16-27-35(31,32)20-10-12-23(33-3)24(15-20)34-4/h5-12,14-15,27H,13,16H2,1-4H3,(H,28,30). The van der Waals surface area contributed by atoms with Gasteiger partial charge in [0.2, 0.25) is 15.9 Å². The lowest BCUT2D eigenvalue weighted by molar-refractivity contribution is -0.115. The topological polar surface area (TPSA) is 97.0 Å². The Kier molecular flexibility index (Phi) is 8.61. The molecule has 10 heteroatoms. The molecule has 0 aromatic heterocycles. The minimum Gasteiger partial charge on any atom is -0.493 e. The Hall–Kier alpha value is -3.27. The first-order valence-corrected chi connectivity index (χ1v) is 12.6. The Bertz CT molecular complexity index is 1310. The van der Waals surface area contributed by atoms with Gasteiger partial charge in [-0.25, -0.2) is 13.1 Å². The maximum atomic E-state index is 12.7. The number of nitrogens with zero attached hydrogens (tertiary/aromatic N) is 1. The SMILES string of the molecule is COc1ccc(S(=O)(=O)NCC(=O)Nc2ccc(N(C)C)cc2Cc2ccccc2Cl)cc1OC. The van der Waals surface area contributed by atoms with Crippen molar-refractivity contribution in [1.29, 1.82) is 0 Å². The first-order chi connectivity index (χ1) is 16.6. The lowest BCUT2D eigenvalue weighted by Crippen LogP contribution is -2.33. The number of anilines is 2. The third-order valence-corrected chi connectivity index (χ3v) is 7.07. The van der Waals surface area contributed by atoms with Crippen LogP contribution in [-0.4, -0.2) is 49.2 Å². The molecule has 0 spiro atoms. The van der Waals surface area contributed by atoms with E-state index in [2.05, 4.69) is 10.0 Å². The number of nitrogens with one attached hydrogen (secondary N) is 2. The van der Waals surface area contributed by atoms with Crippen LogP contribution in [-0.2, 0) is 21.2 Å². The van der Waals surface area contributed by atoms with Gasteiger partial charge in [-0.05, 0) is 47.5 Å². The van der Waals surface area contributed by atoms with Gasteiger partial charge in [-0.15, -0.1) is 0 Å². The van der Waals surface area contributed by atoms with Crippen molar-refractivity contribution in [2.45, 2.75) is 11.3 Å². The van der Waals surface area contributed by atoms with Gasteiger partial charge < -0.3 is 19.7 Å². The second-order valence-electron chi connectivity index (χ2n) is 7.89. The van der Waals surface area contributed by atoms with Crippen LogP contribution in [0.15, 0.2) is 65.6 Å². The third-order valence-electron chi connectivity index (χ3n) is 5.31. The van der Waals surface area contributed by atoms with Gasteiger partial charge in [0.05, 0.1) is 25.7 Å². The second-order valence-corrected chi connectivity index (χ2v) is 10.1. The van der Waals surface area contributed by atoms with Crippen molar-refractivity contribution in [3.63, 3.8) is 0 Å². The molecule has 8 nitrogen and oxygen atoms in total. The zero-order valence-electron chi connectivity index (χ0n) is 20.0. The number of rotatable bonds is 10. The van der Waals surface area contributed by atoms with E-state index in [1.165, 1.54) is 32.4 Å². The maximum Gasteiger partial charge on any atom is 0.241 e. The molecular weight excluding hydrogens is 490 g/mol. The van der Waals surface area contributed by atoms with Gasteiger partial charge in [0.25, 0.3) is 0 Å². The molecule has 0 fully saturated rings. The zero-order valence-corrected chi connectivity index (χ0v) is 21.5. The van der Waals surface area contributed by atoms with Gasteiger partial charge in [-0.3, -0.25) is 4.79 Å². The number of ether oxygens (including phenoxy) is 2. The van der Waals surface area contributed by atoms with E-state index in [1.54, 1.807) is 6.07 Å². The molecule has 0 radical (unpaired) electrons. The molecule has 0 aliphatic heterocycles. The summed E-state index contributed by atoms with van der Waals surface area (Å²) in [5.41, 5.74) is 3.29. The molecule has 0 saturated carbocycles. The highest BCUT2D eigenvalue weighted by atomic mass is 35.5. The van der Waals surface area contributed by atoms with Crippen LogP contribution < -0.4 is 24.4 Å². The van der Waals surface area contributed by atoms with Crippen LogP contribution in [0.3, 0.4) is 0 Å². The van der Waals surface area contributed by atoms with Gasteiger partial charge >= 0.3 is 0 Å². The van der Waals surface area contributed by atoms with Gasteiger partial charge in [0, 0.05) is 43.0 Å². The van der Waals surface area contributed by atoms with Gasteiger partial charge in [0.1, 0.15) is 0 Å².